The molecule has 0 radical (unpaired) electrons. The standard InChI is InChI=1S/C22H22BClF4N2O3/c1-20(2)21(3,4)33-23(32-20)14-6-8-17-13(18(14)24)9-10-30(17)19(31)29-16-11-12(22(26,27)28)5-7-15(16)25/h5-8,11H,9-10H2,1-4H3,(H,29,31). The van der Waals surface area contributed by atoms with E-state index in [1.165, 1.54) is 4.90 Å². The summed E-state index contributed by atoms with van der Waals surface area (Å²) in [6, 6.07) is 4.47. The summed E-state index contributed by atoms with van der Waals surface area (Å²) in [5, 5.41) is 2.63. The SMILES string of the molecule is CC1(C)OB(c2ccc3c(c2Cl)CCN3C(=O)Nc2cc(C(F)(F)F)ccc2F)OC1(C)C. The number of rotatable bonds is 2. The number of fused-ring (bicyclic) bond motifs is 1. The van der Waals surface area contributed by atoms with E-state index in [9.17, 15) is 22.4 Å². The van der Waals surface area contributed by atoms with Crippen molar-refractivity contribution < 1.29 is 31.7 Å². The van der Waals surface area contributed by atoms with Crippen molar-refractivity contribution in [2.24, 2.45) is 0 Å². The van der Waals surface area contributed by atoms with Gasteiger partial charge in [-0.1, -0.05) is 17.7 Å². The first-order valence-corrected chi connectivity index (χ1v) is 10.7. The molecule has 0 atom stereocenters. The molecule has 2 aliphatic rings. The molecule has 2 amide bonds. The van der Waals surface area contributed by atoms with Crippen LogP contribution >= 0.6 is 11.6 Å². The molecule has 0 bridgehead atoms. The van der Waals surface area contributed by atoms with E-state index in [0.29, 0.717) is 46.4 Å². The first kappa shape index (κ1) is 23.8. The van der Waals surface area contributed by atoms with Crippen LogP contribution in [0, 0.1) is 5.82 Å². The first-order valence-electron chi connectivity index (χ1n) is 10.3. The lowest BCUT2D eigenvalue weighted by Crippen LogP contribution is -2.41. The van der Waals surface area contributed by atoms with Crippen molar-refractivity contribution in [2.75, 3.05) is 16.8 Å². The van der Waals surface area contributed by atoms with E-state index < -0.39 is 47.6 Å². The van der Waals surface area contributed by atoms with Gasteiger partial charge < -0.3 is 14.6 Å². The quantitative estimate of drug-likeness (QED) is 0.459. The van der Waals surface area contributed by atoms with Gasteiger partial charge >= 0.3 is 19.3 Å². The van der Waals surface area contributed by atoms with E-state index in [2.05, 4.69) is 5.32 Å². The van der Waals surface area contributed by atoms with Crippen molar-refractivity contribution in [3.63, 3.8) is 0 Å². The number of alkyl halides is 3. The number of hydrogen-bond donors (Lipinski definition) is 1. The molecular weight excluding hydrogens is 463 g/mol. The third-order valence-corrected chi connectivity index (χ3v) is 6.86. The van der Waals surface area contributed by atoms with Crippen LogP contribution in [0.2, 0.25) is 5.02 Å². The van der Waals surface area contributed by atoms with Gasteiger partial charge in [-0.2, -0.15) is 13.2 Å². The molecule has 2 aliphatic heterocycles. The predicted octanol–water partition coefficient (Wildman–Crippen LogP) is 5.39. The average Bonchev–Trinajstić information content (AvgIpc) is 3.21. The van der Waals surface area contributed by atoms with Gasteiger partial charge in [0.05, 0.1) is 28.1 Å². The molecule has 4 rings (SSSR count). The van der Waals surface area contributed by atoms with Crippen molar-refractivity contribution in [3.8, 4) is 0 Å². The topological polar surface area (TPSA) is 50.8 Å². The number of carbonyl (C=O) groups is 1. The van der Waals surface area contributed by atoms with Gasteiger partial charge in [-0.05, 0) is 63.9 Å². The van der Waals surface area contributed by atoms with E-state index in [4.69, 9.17) is 20.9 Å². The summed E-state index contributed by atoms with van der Waals surface area (Å²) in [4.78, 5) is 14.1. The molecule has 176 valence electrons. The Bertz CT molecular complexity index is 1110. The van der Waals surface area contributed by atoms with Crippen molar-refractivity contribution in [2.45, 2.75) is 51.5 Å². The van der Waals surface area contributed by atoms with Crippen LogP contribution in [0.1, 0.15) is 38.8 Å². The van der Waals surface area contributed by atoms with E-state index >= 15 is 0 Å². The van der Waals surface area contributed by atoms with Gasteiger partial charge in [0, 0.05) is 17.0 Å². The van der Waals surface area contributed by atoms with E-state index in [1.807, 2.05) is 27.7 Å². The van der Waals surface area contributed by atoms with E-state index in [-0.39, 0.29) is 6.54 Å². The van der Waals surface area contributed by atoms with Crippen molar-refractivity contribution in [1.82, 2.24) is 0 Å². The Balaban J connectivity index is 1.58. The van der Waals surface area contributed by atoms with Gasteiger partial charge in [0.2, 0.25) is 0 Å². The highest BCUT2D eigenvalue weighted by molar-refractivity contribution is 6.66. The average molecular weight is 485 g/mol. The number of nitrogens with zero attached hydrogens (tertiary/aromatic N) is 1. The summed E-state index contributed by atoms with van der Waals surface area (Å²) in [6.07, 6.45) is -4.25. The summed E-state index contributed by atoms with van der Waals surface area (Å²) in [5.74, 6) is -0.968. The Morgan fingerprint density at radius 1 is 1.12 bits per heavy atom. The fraction of sp³-hybridized carbons (Fsp3) is 0.409. The number of anilines is 2. The lowest BCUT2D eigenvalue weighted by molar-refractivity contribution is -0.137. The van der Waals surface area contributed by atoms with Gasteiger partial charge in [-0.25, -0.2) is 9.18 Å². The Hall–Kier alpha value is -2.30. The van der Waals surface area contributed by atoms with Crippen LogP contribution in [-0.2, 0) is 21.9 Å². The van der Waals surface area contributed by atoms with Gasteiger partial charge in [0.1, 0.15) is 5.82 Å². The number of nitrogens with one attached hydrogen (secondary N) is 1. The molecule has 2 heterocycles. The van der Waals surface area contributed by atoms with Crippen LogP contribution in [0.15, 0.2) is 30.3 Å². The fourth-order valence-electron chi connectivity index (χ4n) is 3.81. The number of benzene rings is 2. The Morgan fingerprint density at radius 3 is 2.36 bits per heavy atom. The summed E-state index contributed by atoms with van der Waals surface area (Å²) >= 11 is 6.64. The monoisotopic (exact) mass is 484 g/mol. The molecule has 0 unspecified atom stereocenters. The normalized spacial score (nSPS) is 19.1. The smallest absolute Gasteiger partial charge is 0.399 e. The van der Waals surface area contributed by atoms with Crippen LogP contribution in [0.3, 0.4) is 0 Å². The summed E-state index contributed by atoms with van der Waals surface area (Å²) in [7, 11) is -0.685. The second-order valence-electron chi connectivity index (χ2n) is 9.08. The third-order valence-electron chi connectivity index (χ3n) is 6.41. The molecule has 0 saturated carbocycles. The zero-order chi connectivity index (χ0) is 24.3. The van der Waals surface area contributed by atoms with Gasteiger partial charge in [-0.15, -0.1) is 0 Å². The maximum atomic E-state index is 14.1. The molecule has 1 saturated heterocycles. The molecule has 0 spiro atoms. The molecule has 33 heavy (non-hydrogen) atoms. The largest absolute Gasteiger partial charge is 0.496 e. The zero-order valence-corrected chi connectivity index (χ0v) is 19.2. The zero-order valence-electron chi connectivity index (χ0n) is 18.4. The fourth-order valence-corrected chi connectivity index (χ4v) is 4.15. The number of hydrogen-bond acceptors (Lipinski definition) is 3. The maximum absolute atomic E-state index is 14.1. The lowest BCUT2D eigenvalue weighted by atomic mass is 9.78. The number of urea groups is 1. The predicted molar refractivity (Wildman–Crippen MR) is 119 cm³/mol. The van der Waals surface area contributed by atoms with E-state index in [1.54, 1.807) is 12.1 Å². The van der Waals surface area contributed by atoms with Crippen LogP contribution in [0.5, 0.6) is 0 Å². The van der Waals surface area contributed by atoms with Crippen LogP contribution in [0.25, 0.3) is 0 Å². The van der Waals surface area contributed by atoms with Crippen molar-refractivity contribution in [3.05, 3.63) is 52.3 Å². The highest BCUT2D eigenvalue weighted by Gasteiger charge is 2.52. The minimum atomic E-state index is -4.66. The first-order chi connectivity index (χ1) is 15.2. The summed E-state index contributed by atoms with van der Waals surface area (Å²) in [6.45, 7) is 7.93. The maximum Gasteiger partial charge on any atom is 0.496 e. The summed E-state index contributed by atoms with van der Waals surface area (Å²) in [5.41, 5.74) is -0.921. The molecule has 5 nitrogen and oxygen atoms in total. The highest BCUT2D eigenvalue weighted by atomic mass is 35.5. The molecule has 1 fully saturated rings. The third kappa shape index (κ3) is 4.20. The minimum absolute atomic E-state index is 0.230. The molecule has 2 aromatic rings. The number of amides is 2. The summed E-state index contributed by atoms with van der Waals surface area (Å²) < 4.78 is 65.1. The Morgan fingerprint density at radius 2 is 1.76 bits per heavy atom. The number of halogens is 5. The van der Waals surface area contributed by atoms with Crippen LogP contribution < -0.4 is 15.7 Å². The van der Waals surface area contributed by atoms with Crippen LogP contribution in [-0.4, -0.2) is 30.9 Å². The van der Waals surface area contributed by atoms with Crippen LogP contribution in [0.4, 0.5) is 33.7 Å². The number of carbonyl (C=O) groups excluding carboxylic acids is 1. The minimum Gasteiger partial charge on any atom is -0.399 e. The lowest BCUT2D eigenvalue weighted by Gasteiger charge is -2.32. The second-order valence-corrected chi connectivity index (χ2v) is 9.46. The molecule has 11 heteroatoms. The second kappa shape index (κ2) is 7.89. The molecule has 0 aliphatic carbocycles. The van der Waals surface area contributed by atoms with Gasteiger partial charge in [0.15, 0.2) is 0 Å². The van der Waals surface area contributed by atoms with Gasteiger partial charge in [-0.3, -0.25) is 4.90 Å². The van der Waals surface area contributed by atoms with Crippen molar-refractivity contribution >= 4 is 41.6 Å². The Kier molecular flexibility index (Phi) is 5.70. The van der Waals surface area contributed by atoms with Gasteiger partial charge in [0.25, 0.3) is 0 Å². The molecular formula is C22H22BClF4N2O3. The molecule has 0 aromatic heterocycles. The van der Waals surface area contributed by atoms with E-state index in [0.717, 1.165) is 0 Å². The molecule has 2 aromatic carbocycles. The van der Waals surface area contributed by atoms with Crippen molar-refractivity contribution in [1.29, 1.82) is 0 Å². The highest BCUT2D eigenvalue weighted by Crippen LogP contribution is 2.39. The Labute approximate surface area is 194 Å². The molecule has 1 N–H and O–H groups in total.